The summed E-state index contributed by atoms with van der Waals surface area (Å²) in [6, 6.07) is 9.05. The van der Waals surface area contributed by atoms with Gasteiger partial charge in [0.25, 0.3) is 10.0 Å². The van der Waals surface area contributed by atoms with Crippen LogP contribution >= 0.6 is 0 Å². The molecule has 0 aliphatic heterocycles. The van der Waals surface area contributed by atoms with E-state index in [4.69, 9.17) is 0 Å². The second kappa shape index (κ2) is 5.64. The highest BCUT2D eigenvalue weighted by molar-refractivity contribution is 7.92. The number of ketones is 1. The average Bonchev–Trinajstić information content (AvgIpc) is 2.86. The van der Waals surface area contributed by atoms with Crippen molar-refractivity contribution in [2.45, 2.75) is 18.7 Å². The zero-order valence-electron chi connectivity index (χ0n) is 13.0. The molecule has 0 radical (unpaired) electrons. The summed E-state index contributed by atoms with van der Waals surface area (Å²) in [4.78, 5) is 28.0. The fourth-order valence-electron chi connectivity index (χ4n) is 2.39. The summed E-state index contributed by atoms with van der Waals surface area (Å²) in [7, 11) is -3.86. The summed E-state index contributed by atoms with van der Waals surface area (Å²) in [5.41, 5.74) is 2.06. The molecule has 0 spiro atoms. The molecular formula is C16H15N3O4S. The number of imidazole rings is 1. The van der Waals surface area contributed by atoms with E-state index in [0.717, 1.165) is 0 Å². The number of aryl methyl sites for hydroxylation is 1. The quantitative estimate of drug-likeness (QED) is 0.629. The Labute approximate surface area is 137 Å². The molecular weight excluding hydrogens is 330 g/mol. The molecule has 0 unspecified atom stereocenters. The number of aromatic nitrogens is 2. The van der Waals surface area contributed by atoms with E-state index in [-0.39, 0.29) is 16.4 Å². The number of benzene rings is 2. The van der Waals surface area contributed by atoms with E-state index in [2.05, 4.69) is 14.7 Å². The minimum Gasteiger partial charge on any atom is -0.306 e. The standard InChI is InChI=1S/C16H15N3O4S/c1-9-6-14-15(18-16(21)17-14)8-13(9)19-24(22,23)12-5-3-4-11(7-12)10(2)20/h3-8,19H,1-2H3,(H2,17,18,21). The smallest absolute Gasteiger partial charge is 0.306 e. The lowest BCUT2D eigenvalue weighted by atomic mass is 10.2. The number of H-pyrrole nitrogens is 2. The topological polar surface area (TPSA) is 112 Å². The van der Waals surface area contributed by atoms with Crippen LogP contribution in [-0.4, -0.2) is 24.2 Å². The number of Topliss-reactive ketones (excluding diaryl/α,β-unsaturated/α-hetero) is 1. The van der Waals surface area contributed by atoms with Crippen molar-refractivity contribution in [1.29, 1.82) is 0 Å². The Balaban J connectivity index is 2.03. The molecule has 0 aliphatic carbocycles. The van der Waals surface area contributed by atoms with Crippen molar-refractivity contribution in [2.75, 3.05) is 4.72 Å². The first kappa shape index (κ1) is 16.0. The van der Waals surface area contributed by atoms with Crippen molar-refractivity contribution in [3.05, 3.63) is 58.0 Å². The predicted octanol–water partition coefficient (Wildman–Crippen LogP) is 2.17. The zero-order valence-corrected chi connectivity index (χ0v) is 13.8. The highest BCUT2D eigenvalue weighted by atomic mass is 32.2. The average molecular weight is 345 g/mol. The summed E-state index contributed by atoms with van der Waals surface area (Å²) in [5.74, 6) is -0.213. The van der Waals surface area contributed by atoms with Crippen LogP contribution in [0.1, 0.15) is 22.8 Å². The normalized spacial score (nSPS) is 11.6. The van der Waals surface area contributed by atoms with Crippen molar-refractivity contribution in [3.8, 4) is 0 Å². The molecule has 3 rings (SSSR count). The third-order valence-electron chi connectivity index (χ3n) is 3.66. The molecule has 0 atom stereocenters. The summed E-state index contributed by atoms with van der Waals surface area (Å²) in [6.07, 6.45) is 0. The van der Waals surface area contributed by atoms with E-state index in [0.29, 0.717) is 27.8 Å². The fraction of sp³-hybridized carbons (Fsp3) is 0.125. The van der Waals surface area contributed by atoms with Crippen LogP contribution in [0.15, 0.2) is 46.1 Å². The van der Waals surface area contributed by atoms with Gasteiger partial charge in [-0.15, -0.1) is 0 Å². The van der Waals surface area contributed by atoms with Crippen LogP contribution in [0.5, 0.6) is 0 Å². The van der Waals surface area contributed by atoms with E-state index in [1.807, 2.05) is 0 Å². The Morgan fingerprint density at radius 2 is 1.75 bits per heavy atom. The maximum atomic E-state index is 12.6. The SMILES string of the molecule is CC(=O)c1cccc(S(=O)(=O)Nc2cc3[nH]c(=O)[nH]c3cc2C)c1. The van der Waals surface area contributed by atoms with Crippen molar-refractivity contribution in [3.63, 3.8) is 0 Å². The van der Waals surface area contributed by atoms with Crippen molar-refractivity contribution < 1.29 is 13.2 Å². The third kappa shape index (κ3) is 2.95. The number of aromatic amines is 2. The maximum Gasteiger partial charge on any atom is 0.323 e. The molecule has 1 aromatic heterocycles. The minimum atomic E-state index is -3.86. The number of carbonyl (C=O) groups is 1. The molecule has 0 saturated heterocycles. The number of fused-ring (bicyclic) bond motifs is 1. The molecule has 3 N–H and O–H groups in total. The highest BCUT2D eigenvalue weighted by Crippen LogP contribution is 2.24. The van der Waals surface area contributed by atoms with Gasteiger partial charge in [0.15, 0.2) is 5.78 Å². The predicted molar refractivity (Wildman–Crippen MR) is 90.9 cm³/mol. The molecule has 3 aromatic rings. The Kier molecular flexibility index (Phi) is 3.76. The van der Waals surface area contributed by atoms with Crippen molar-refractivity contribution in [2.24, 2.45) is 0 Å². The van der Waals surface area contributed by atoms with Crippen LogP contribution in [0.4, 0.5) is 5.69 Å². The Morgan fingerprint density at radius 1 is 1.08 bits per heavy atom. The molecule has 0 aliphatic rings. The summed E-state index contributed by atoms with van der Waals surface area (Å²) < 4.78 is 27.6. The maximum absolute atomic E-state index is 12.6. The number of hydrogen-bond acceptors (Lipinski definition) is 4. The second-order valence-corrected chi connectivity index (χ2v) is 7.16. The van der Waals surface area contributed by atoms with Crippen LogP contribution in [-0.2, 0) is 10.0 Å². The zero-order chi connectivity index (χ0) is 17.5. The van der Waals surface area contributed by atoms with Gasteiger partial charge in [-0.1, -0.05) is 12.1 Å². The van der Waals surface area contributed by atoms with E-state index in [1.165, 1.54) is 25.1 Å². The van der Waals surface area contributed by atoms with E-state index in [9.17, 15) is 18.0 Å². The van der Waals surface area contributed by atoms with E-state index < -0.39 is 10.0 Å². The van der Waals surface area contributed by atoms with Gasteiger partial charge in [-0.25, -0.2) is 13.2 Å². The molecule has 0 saturated carbocycles. The lowest BCUT2D eigenvalue weighted by Crippen LogP contribution is -2.14. The van der Waals surface area contributed by atoms with Gasteiger partial charge >= 0.3 is 5.69 Å². The van der Waals surface area contributed by atoms with Crippen molar-refractivity contribution >= 4 is 32.5 Å². The summed E-state index contributed by atoms with van der Waals surface area (Å²) in [5, 5.41) is 0. The van der Waals surface area contributed by atoms with Gasteiger partial charge in [0.2, 0.25) is 0 Å². The summed E-state index contributed by atoms with van der Waals surface area (Å²) in [6.45, 7) is 3.11. The number of carbonyl (C=O) groups excluding carboxylic acids is 1. The lowest BCUT2D eigenvalue weighted by molar-refractivity contribution is 0.101. The number of sulfonamides is 1. The molecule has 0 bridgehead atoms. The van der Waals surface area contributed by atoms with Gasteiger partial charge in [-0.2, -0.15) is 0 Å². The second-order valence-electron chi connectivity index (χ2n) is 5.48. The monoisotopic (exact) mass is 345 g/mol. The van der Waals surface area contributed by atoms with Gasteiger partial charge in [0, 0.05) is 5.56 Å². The number of rotatable bonds is 4. The fourth-order valence-corrected chi connectivity index (χ4v) is 3.55. The van der Waals surface area contributed by atoms with E-state index in [1.54, 1.807) is 25.1 Å². The number of anilines is 1. The van der Waals surface area contributed by atoms with E-state index >= 15 is 0 Å². The first-order chi connectivity index (χ1) is 11.3. The van der Waals surface area contributed by atoms with Gasteiger partial charge in [0.1, 0.15) is 0 Å². The third-order valence-corrected chi connectivity index (χ3v) is 5.02. The van der Waals surface area contributed by atoms with Gasteiger partial charge in [-0.3, -0.25) is 9.52 Å². The molecule has 8 heteroatoms. The molecule has 7 nitrogen and oxygen atoms in total. The van der Waals surface area contributed by atoms with Gasteiger partial charge in [0.05, 0.1) is 21.6 Å². The molecule has 2 aromatic carbocycles. The Bertz CT molecular complexity index is 1110. The van der Waals surface area contributed by atoms with Gasteiger partial charge < -0.3 is 9.97 Å². The Hall–Kier alpha value is -2.87. The molecule has 0 fully saturated rings. The first-order valence-corrected chi connectivity index (χ1v) is 8.61. The largest absolute Gasteiger partial charge is 0.323 e. The van der Waals surface area contributed by atoms with Crippen LogP contribution in [0.3, 0.4) is 0 Å². The first-order valence-electron chi connectivity index (χ1n) is 7.13. The number of hydrogen-bond donors (Lipinski definition) is 3. The van der Waals surface area contributed by atoms with Crippen LogP contribution in [0.2, 0.25) is 0 Å². The van der Waals surface area contributed by atoms with Crippen molar-refractivity contribution in [1.82, 2.24) is 9.97 Å². The lowest BCUT2D eigenvalue weighted by Gasteiger charge is -2.11. The Morgan fingerprint density at radius 3 is 2.42 bits per heavy atom. The molecule has 124 valence electrons. The van der Waals surface area contributed by atoms with Crippen LogP contribution in [0.25, 0.3) is 11.0 Å². The van der Waals surface area contributed by atoms with Gasteiger partial charge in [-0.05, 0) is 43.7 Å². The number of nitrogens with one attached hydrogen (secondary N) is 3. The van der Waals surface area contributed by atoms with Crippen LogP contribution < -0.4 is 10.4 Å². The minimum absolute atomic E-state index is 0.00254. The molecule has 1 heterocycles. The van der Waals surface area contributed by atoms with Crippen LogP contribution in [0, 0.1) is 6.92 Å². The molecule has 24 heavy (non-hydrogen) atoms. The molecule has 0 amide bonds. The summed E-state index contributed by atoms with van der Waals surface area (Å²) >= 11 is 0. The highest BCUT2D eigenvalue weighted by Gasteiger charge is 2.17.